The van der Waals surface area contributed by atoms with E-state index in [4.69, 9.17) is 27.9 Å². The van der Waals surface area contributed by atoms with E-state index >= 15 is 0 Å². The van der Waals surface area contributed by atoms with Gasteiger partial charge < -0.3 is 4.74 Å². The molecule has 0 aliphatic heterocycles. The summed E-state index contributed by atoms with van der Waals surface area (Å²) in [6.07, 6.45) is 1.00. The van der Waals surface area contributed by atoms with E-state index in [9.17, 15) is 0 Å². The lowest BCUT2D eigenvalue weighted by Gasteiger charge is -2.18. The van der Waals surface area contributed by atoms with Crippen LogP contribution in [0, 0.1) is 5.41 Å². The number of benzene rings is 1. The van der Waals surface area contributed by atoms with E-state index in [1.807, 2.05) is 18.2 Å². The number of halogens is 2. The van der Waals surface area contributed by atoms with Crippen LogP contribution in [0.1, 0.15) is 32.8 Å². The standard InChI is InChI=1S/C13H18Cl2O/c1-13(2,3)6-7-16-12-5-4-10(9-14)8-11(12)15/h4-5,8H,6-7,9H2,1-3H3. The fourth-order valence-corrected chi connectivity index (χ4v) is 1.64. The first-order valence-corrected chi connectivity index (χ1v) is 6.31. The Morgan fingerprint density at radius 3 is 2.44 bits per heavy atom. The number of hydrogen-bond acceptors (Lipinski definition) is 1. The topological polar surface area (TPSA) is 9.23 Å². The molecule has 0 amide bonds. The Morgan fingerprint density at radius 2 is 1.94 bits per heavy atom. The summed E-state index contributed by atoms with van der Waals surface area (Å²) in [5.41, 5.74) is 1.29. The Kier molecular flexibility index (Phi) is 4.94. The first-order valence-electron chi connectivity index (χ1n) is 5.39. The van der Waals surface area contributed by atoms with Gasteiger partial charge in [0.25, 0.3) is 0 Å². The largest absolute Gasteiger partial charge is 0.492 e. The zero-order valence-electron chi connectivity index (χ0n) is 10.0. The van der Waals surface area contributed by atoms with Crippen LogP contribution in [-0.4, -0.2) is 6.61 Å². The van der Waals surface area contributed by atoms with Crippen molar-refractivity contribution in [2.75, 3.05) is 6.61 Å². The molecule has 0 aromatic heterocycles. The molecule has 0 atom stereocenters. The maximum absolute atomic E-state index is 6.07. The maximum Gasteiger partial charge on any atom is 0.137 e. The summed E-state index contributed by atoms with van der Waals surface area (Å²) in [5, 5.41) is 0.632. The number of alkyl halides is 1. The normalized spacial score (nSPS) is 11.6. The molecule has 1 nitrogen and oxygen atoms in total. The predicted molar refractivity (Wildman–Crippen MR) is 70.6 cm³/mol. The van der Waals surface area contributed by atoms with Gasteiger partial charge in [0.15, 0.2) is 0 Å². The molecular formula is C13H18Cl2O. The highest BCUT2D eigenvalue weighted by molar-refractivity contribution is 6.32. The number of rotatable bonds is 4. The second-order valence-corrected chi connectivity index (χ2v) is 5.73. The third-order valence-corrected chi connectivity index (χ3v) is 2.86. The summed E-state index contributed by atoms with van der Waals surface area (Å²) in [6, 6.07) is 5.66. The fourth-order valence-electron chi connectivity index (χ4n) is 1.21. The van der Waals surface area contributed by atoms with E-state index in [1.54, 1.807) is 0 Å². The molecule has 0 radical (unpaired) electrons. The Hall–Kier alpha value is -0.400. The van der Waals surface area contributed by atoms with Gasteiger partial charge in [0.1, 0.15) is 5.75 Å². The average molecular weight is 261 g/mol. The van der Waals surface area contributed by atoms with Crippen LogP contribution < -0.4 is 4.74 Å². The van der Waals surface area contributed by atoms with Crippen molar-refractivity contribution < 1.29 is 4.74 Å². The molecule has 0 unspecified atom stereocenters. The molecule has 16 heavy (non-hydrogen) atoms. The van der Waals surface area contributed by atoms with Gasteiger partial charge in [-0.1, -0.05) is 38.4 Å². The van der Waals surface area contributed by atoms with Crippen LogP contribution in [0.5, 0.6) is 5.75 Å². The van der Waals surface area contributed by atoms with Gasteiger partial charge in [-0.2, -0.15) is 0 Å². The van der Waals surface area contributed by atoms with Crippen molar-refractivity contribution in [2.24, 2.45) is 5.41 Å². The molecule has 0 saturated carbocycles. The third kappa shape index (κ3) is 4.63. The van der Waals surface area contributed by atoms with Gasteiger partial charge in [-0.25, -0.2) is 0 Å². The zero-order valence-corrected chi connectivity index (χ0v) is 11.5. The molecule has 0 heterocycles. The third-order valence-electron chi connectivity index (χ3n) is 2.26. The highest BCUT2D eigenvalue weighted by atomic mass is 35.5. The lowest BCUT2D eigenvalue weighted by molar-refractivity contribution is 0.243. The summed E-state index contributed by atoms with van der Waals surface area (Å²) >= 11 is 11.8. The Morgan fingerprint density at radius 1 is 1.25 bits per heavy atom. The quantitative estimate of drug-likeness (QED) is 0.701. The van der Waals surface area contributed by atoms with Crippen LogP contribution in [0.25, 0.3) is 0 Å². The van der Waals surface area contributed by atoms with E-state index < -0.39 is 0 Å². The Bertz CT molecular complexity index is 342. The maximum atomic E-state index is 6.07. The molecule has 0 bridgehead atoms. The molecule has 0 N–H and O–H groups in total. The van der Waals surface area contributed by atoms with E-state index in [1.165, 1.54) is 0 Å². The molecule has 0 spiro atoms. The van der Waals surface area contributed by atoms with Crippen molar-refractivity contribution in [3.63, 3.8) is 0 Å². The van der Waals surface area contributed by atoms with Crippen LogP contribution in [0.15, 0.2) is 18.2 Å². The Labute approximate surface area is 108 Å². The lowest BCUT2D eigenvalue weighted by atomic mass is 9.93. The summed E-state index contributed by atoms with van der Waals surface area (Å²) in [6.45, 7) is 7.25. The number of hydrogen-bond donors (Lipinski definition) is 0. The molecule has 1 aromatic rings. The second kappa shape index (κ2) is 5.79. The van der Waals surface area contributed by atoms with Crippen molar-refractivity contribution in [3.8, 4) is 5.75 Å². The van der Waals surface area contributed by atoms with Gasteiger partial charge in [0.2, 0.25) is 0 Å². The van der Waals surface area contributed by atoms with Crippen molar-refractivity contribution in [1.29, 1.82) is 0 Å². The Balaban J connectivity index is 2.55. The van der Waals surface area contributed by atoms with Crippen molar-refractivity contribution in [1.82, 2.24) is 0 Å². The summed E-state index contributed by atoms with van der Waals surface area (Å²) in [4.78, 5) is 0. The van der Waals surface area contributed by atoms with Gasteiger partial charge in [-0.15, -0.1) is 11.6 Å². The van der Waals surface area contributed by atoms with Crippen LogP contribution in [0.3, 0.4) is 0 Å². The molecule has 3 heteroatoms. The minimum Gasteiger partial charge on any atom is -0.492 e. The van der Waals surface area contributed by atoms with Gasteiger partial charge in [-0.3, -0.25) is 0 Å². The minimum atomic E-state index is 0.280. The van der Waals surface area contributed by atoms with Crippen LogP contribution in [0.4, 0.5) is 0 Å². The minimum absolute atomic E-state index is 0.280. The zero-order chi connectivity index (χ0) is 12.2. The molecule has 0 aliphatic carbocycles. The number of ether oxygens (including phenoxy) is 1. The molecule has 1 rings (SSSR count). The van der Waals surface area contributed by atoms with E-state index in [-0.39, 0.29) is 5.41 Å². The van der Waals surface area contributed by atoms with Crippen molar-refractivity contribution in [2.45, 2.75) is 33.1 Å². The van der Waals surface area contributed by atoms with Crippen LogP contribution in [-0.2, 0) is 5.88 Å². The summed E-state index contributed by atoms with van der Waals surface area (Å²) in [5.74, 6) is 1.21. The SMILES string of the molecule is CC(C)(C)CCOc1ccc(CCl)cc1Cl. The smallest absolute Gasteiger partial charge is 0.137 e. The molecule has 0 saturated heterocycles. The highest BCUT2D eigenvalue weighted by Crippen LogP contribution is 2.27. The fraction of sp³-hybridized carbons (Fsp3) is 0.538. The van der Waals surface area contributed by atoms with Crippen molar-refractivity contribution >= 4 is 23.2 Å². The highest BCUT2D eigenvalue weighted by Gasteiger charge is 2.10. The molecule has 90 valence electrons. The van der Waals surface area contributed by atoms with Crippen LogP contribution >= 0.6 is 23.2 Å². The van der Waals surface area contributed by atoms with E-state index in [2.05, 4.69) is 20.8 Å². The van der Waals surface area contributed by atoms with E-state index in [0.29, 0.717) is 17.5 Å². The first-order chi connectivity index (χ1) is 7.42. The average Bonchev–Trinajstić information content (AvgIpc) is 2.18. The van der Waals surface area contributed by atoms with Gasteiger partial charge in [0, 0.05) is 5.88 Å². The van der Waals surface area contributed by atoms with Gasteiger partial charge in [0.05, 0.1) is 11.6 Å². The first kappa shape index (κ1) is 13.7. The van der Waals surface area contributed by atoms with Gasteiger partial charge >= 0.3 is 0 Å². The second-order valence-electron chi connectivity index (χ2n) is 5.06. The lowest BCUT2D eigenvalue weighted by Crippen LogP contribution is -2.11. The van der Waals surface area contributed by atoms with Crippen LogP contribution in [0.2, 0.25) is 5.02 Å². The molecule has 0 fully saturated rings. The van der Waals surface area contributed by atoms with E-state index in [0.717, 1.165) is 17.7 Å². The summed E-state index contributed by atoms with van der Waals surface area (Å²) < 4.78 is 5.64. The monoisotopic (exact) mass is 260 g/mol. The predicted octanol–water partition coefficient (Wildman–Crippen LogP) is 4.89. The van der Waals surface area contributed by atoms with Gasteiger partial charge in [-0.05, 0) is 29.5 Å². The summed E-state index contributed by atoms with van der Waals surface area (Å²) in [7, 11) is 0. The van der Waals surface area contributed by atoms with Crippen molar-refractivity contribution in [3.05, 3.63) is 28.8 Å². The molecule has 1 aromatic carbocycles. The molecule has 0 aliphatic rings. The molecular weight excluding hydrogens is 243 g/mol.